The Morgan fingerprint density at radius 2 is 2.40 bits per heavy atom. The summed E-state index contributed by atoms with van der Waals surface area (Å²) in [7, 11) is 0. The normalized spacial score (nSPS) is 18.5. The summed E-state index contributed by atoms with van der Waals surface area (Å²) in [5.74, 6) is -0.582. The van der Waals surface area contributed by atoms with Crippen LogP contribution in [-0.2, 0) is 9.53 Å². The van der Waals surface area contributed by atoms with Gasteiger partial charge in [-0.05, 0) is 6.07 Å². The highest BCUT2D eigenvalue weighted by Gasteiger charge is 2.19. The molecule has 1 aromatic carbocycles. The first-order chi connectivity index (χ1) is 9.56. The van der Waals surface area contributed by atoms with Crippen LogP contribution in [0.2, 0.25) is 0 Å². The number of amides is 1. The molecule has 1 aliphatic heterocycles. The van der Waals surface area contributed by atoms with Crippen molar-refractivity contribution in [2.75, 3.05) is 25.0 Å². The topological polar surface area (TPSA) is 114 Å². The van der Waals surface area contributed by atoms with Crippen molar-refractivity contribution < 1.29 is 19.6 Å². The number of hydrogen-bond acceptors (Lipinski definition) is 6. The van der Waals surface area contributed by atoms with Gasteiger partial charge in [-0.1, -0.05) is 0 Å². The van der Waals surface area contributed by atoms with Crippen molar-refractivity contribution in [1.82, 2.24) is 5.32 Å². The number of morpholine rings is 1. The summed E-state index contributed by atoms with van der Waals surface area (Å²) >= 11 is 0. The minimum atomic E-state index is -0.594. The van der Waals surface area contributed by atoms with E-state index in [0.717, 1.165) is 12.6 Å². The van der Waals surface area contributed by atoms with Crippen LogP contribution in [0.25, 0.3) is 0 Å². The van der Waals surface area contributed by atoms with Gasteiger partial charge in [0.25, 0.3) is 5.69 Å². The Balaban J connectivity index is 1.99. The third kappa shape index (κ3) is 3.65. The Labute approximate surface area is 114 Å². The lowest BCUT2D eigenvalue weighted by atomic mass is 10.2. The maximum atomic E-state index is 11.8. The predicted octanol–water partition coefficient (Wildman–Crippen LogP) is 0.617. The summed E-state index contributed by atoms with van der Waals surface area (Å²) in [5.41, 5.74) is -0.179. The van der Waals surface area contributed by atoms with Crippen molar-refractivity contribution >= 4 is 17.3 Å². The lowest BCUT2D eigenvalue weighted by Crippen LogP contribution is -2.40. The van der Waals surface area contributed by atoms with Crippen LogP contribution in [0.5, 0.6) is 5.75 Å². The summed E-state index contributed by atoms with van der Waals surface area (Å²) in [5, 5.41) is 25.8. The smallest absolute Gasteiger partial charge is 0.271 e. The van der Waals surface area contributed by atoms with E-state index in [0.29, 0.717) is 13.2 Å². The molecule has 8 nitrogen and oxygen atoms in total. The highest BCUT2D eigenvalue weighted by atomic mass is 16.6. The molecule has 1 aromatic rings. The van der Waals surface area contributed by atoms with Gasteiger partial charge >= 0.3 is 0 Å². The number of carbonyl (C=O) groups excluding carboxylic acids is 1. The number of carbonyl (C=O) groups is 1. The number of phenols is 1. The molecule has 2 rings (SSSR count). The number of hydrogen-bond donors (Lipinski definition) is 3. The molecular formula is C12H15N3O5. The predicted molar refractivity (Wildman–Crippen MR) is 70.6 cm³/mol. The third-order valence-electron chi connectivity index (χ3n) is 2.88. The molecule has 1 saturated heterocycles. The SMILES string of the molecule is O=C(CC1CNCCO1)Nc1cc([N+](=O)[O-])ccc1O. The van der Waals surface area contributed by atoms with Crippen LogP contribution < -0.4 is 10.6 Å². The number of nitrogens with zero attached hydrogens (tertiary/aromatic N) is 1. The monoisotopic (exact) mass is 281 g/mol. The Hall–Kier alpha value is -2.19. The van der Waals surface area contributed by atoms with Gasteiger partial charge in [0.15, 0.2) is 0 Å². The van der Waals surface area contributed by atoms with Gasteiger partial charge in [0, 0.05) is 25.2 Å². The van der Waals surface area contributed by atoms with Crippen molar-refractivity contribution in [3.05, 3.63) is 28.3 Å². The van der Waals surface area contributed by atoms with Crippen molar-refractivity contribution in [3.8, 4) is 5.75 Å². The van der Waals surface area contributed by atoms with Crippen molar-refractivity contribution in [2.45, 2.75) is 12.5 Å². The lowest BCUT2D eigenvalue weighted by Gasteiger charge is -2.23. The van der Waals surface area contributed by atoms with Crippen LogP contribution in [0.15, 0.2) is 18.2 Å². The zero-order chi connectivity index (χ0) is 14.5. The largest absolute Gasteiger partial charge is 0.506 e. The highest BCUT2D eigenvalue weighted by molar-refractivity contribution is 5.92. The van der Waals surface area contributed by atoms with Gasteiger partial charge in [-0.2, -0.15) is 0 Å². The molecule has 0 saturated carbocycles. The van der Waals surface area contributed by atoms with Gasteiger partial charge in [-0.15, -0.1) is 0 Å². The number of nitrogens with one attached hydrogen (secondary N) is 2. The number of rotatable bonds is 4. The summed E-state index contributed by atoms with van der Waals surface area (Å²) < 4.78 is 5.38. The summed E-state index contributed by atoms with van der Waals surface area (Å²) in [6.07, 6.45) is -0.112. The Morgan fingerprint density at radius 3 is 3.05 bits per heavy atom. The number of phenolic OH excluding ortho intramolecular Hbond substituents is 1. The summed E-state index contributed by atoms with van der Waals surface area (Å²) in [6.45, 7) is 1.87. The van der Waals surface area contributed by atoms with Crippen molar-refractivity contribution in [2.24, 2.45) is 0 Å². The van der Waals surface area contributed by atoms with E-state index in [-0.39, 0.29) is 35.6 Å². The molecule has 0 aliphatic carbocycles. The van der Waals surface area contributed by atoms with Crippen LogP contribution in [0.4, 0.5) is 11.4 Å². The summed E-state index contributed by atoms with van der Waals surface area (Å²) in [4.78, 5) is 21.9. The molecule has 1 fully saturated rings. The molecular weight excluding hydrogens is 266 g/mol. The van der Waals surface area contributed by atoms with Crippen LogP contribution in [-0.4, -0.2) is 41.7 Å². The molecule has 1 aliphatic rings. The Bertz CT molecular complexity index is 514. The third-order valence-corrected chi connectivity index (χ3v) is 2.88. The second-order valence-electron chi connectivity index (χ2n) is 4.41. The zero-order valence-electron chi connectivity index (χ0n) is 10.7. The molecule has 3 N–H and O–H groups in total. The van der Waals surface area contributed by atoms with E-state index in [1.807, 2.05) is 0 Å². The van der Waals surface area contributed by atoms with E-state index in [1.54, 1.807) is 0 Å². The zero-order valence-corrected chi connectivity index (χ0v) is 10.7. The van der Waals surface area contributed by atoms with E-state index >= 15 is 0 Å². The molecule has 20 heavy (non-hydrogen) atoms. The van der Waals surface area contributed by atoms with Gasteiger partial charge in [0.1, 0.15) is 5.75 Å². The molecule has 0 radical (unpaired) electrons. The van der Waals surface area contributed by atoms with Gasteiger partial charge < -0.3 is 20.5 Å². The first-order valence-corrected chi connectivity index (χ1v) is 6.16. The van der Waals surface area contributed by atoms with Crippen LogP contribution in [0, 0.1) is 10.1 Å². The fraction of sp³-hybridized carbons (Fsp3) is 0.417. The van der Waals surface area contributed by atoms with Gasteiger partial charge in [-0.3, -0.25) is 14.9 Å². The average Bonchev–Trinajstić information content (AvgIpc) is 2.42. The molecule has 108 valence electrons. The first-order valence-electron chi connectivity index (χ1n) is 6.16. The molecule has 0 bridgehead atoms. The van der Waals surface area contributed by atoms with E-state index in [1.165, 1.54) is 12.1 Å². The first kappa shape index (κ1) is 14.2. The number of anilines is 1. The Morgan fingerprint density at radius 1 is 1.60 bits per heavy atom. The standard InChI is InChI=1S/C12H15N3O5/c16-11-2-1-8(15(18)19)5-10(11)14-12(17)6-9-7-13-3-4-20-9/h1-2,5,9,13,16H,3-4,6-7H2,(H,14,17). The van der Waals surface area contributed by atoms with E-state index < -0.39 is 4.92 Å². The average molecular weight is 281 g/mol. The second kappa shape index (κ2) is 6.31. The van der Waals surface area contributed by atoms with E-state index in [4.69, 9.17) is 4.74 Å². The van der Waals surface area contributed by atoms with Crippen LogP contribution in [0.3, 0.4) is 0 Å². The minimum Gasteiger partial charge on any atom is -0.506 e. The quantitative estimate of drug-likeness (QED) is 0.423. The summed E-state index contributed by atoms with van der Waals surface area (Å²) in [6, 6.07) is 3.46. The van der Waals surface area contributed by atoms with Gasteiger partial charge in [-0.25, -0.2) is 0 Å². The molecule has 1 heterocycles. The number of non-ortho nitro benzene ring substituents is 1. The molecule has 8 heteroatoms. The number of nitro benzene ring substituents is 1. The lowest BCUT2D eigenvalue weighted by molar-refractivity contribution is -0.384. The van der Waals surface area contributed by atoms with Gasteiger partial charge in [0.2, 0.25) is 5.91 Å². The van der Waals surface area contributed by atoms with Crippen LogP contribution >= 0.6 is 0 Å². The molecule has 1 atom stereocenters. The van der Waals surface area contributed by atoms with Crippen molar-refractivity contribution in [1.29, 1.82) is 0 Å². The Kier molecular flexibility index (Phi) is 4.49. The second-order valence-corrected chi connectivity index (χ2v) is 4.41. The van der Waals surface area contributed by atoms with Gasteiger partial charge in [0.05, 0.1) is 29.7 Å². The number of aromatic hydroxyl groups is 1. The number of nitro groups is 1. The molecule has 0 aromatic heterocycles. The highest BCUT2D eigenvalue weighted by Crippen LogP contribution is 2.27. The fourth-order valence-corrected chi connectivity index (χ4v) is 1.90. The van der Waals surface area contributed by atoms with E-state index in [2.05, 4.69) is 10.6 Å². The number of ether oxygens (including phenoxy) is 1. The van der Waals surface area contributed by atoms with E-state index in [9.17, 15) is 20.0 Å². The molecule has 1 amide bonds. The maximum absolute atomic E-state index is 11.8. The van der Waals surface area contributed by atoms with Crippen LogP contribution in [0.1, 0.15) is 6.42 Å². The number of benzene rings is 1. The fourth-order valence-electron chi connectivity index (χ4n) is 1.90. The minimum absolute atomic E-state index is 0.0213. The maximum Gasteiger partial charge on any atom is 0.271 e. The molecule has 1 unspecified atom stereocenters. The molecule has 0 spiro atoms. The van der Waals surface area contributed by atoms with Crippen molar-refractivity contribution in [3.63, 3.8) is 0 Å².